The first-order valence-corrected chi connectivity index (χ1v) is 5.23. The van der Waals surface area contributed by atoms with Crippen LogP contribution < -0.4 is 0 Å². The molecule has 1 heterocycles. The third-order valence-electron chi connectivity index (χ3n) is 2.03. The van der Waals surface area contributed by atoms with Gasteiger partial charge in [0.1, 0.15) is 0 Å². The molecular weight excluding hydrogens is 180 g/mol. The van der Waals surface area contributed by atoms with Crippen LogP contribution in [-0.4, -0.2) is 31.2 Å². The first-order chi connectivity index (χ1) is 6.93. The van der Waals surface area contributed by atoms with Crippen LogP contribution >= 0.6 is 0 Å². The molecule has 1 aliphatic heterocycles. The van der Waals surface area contributed by atoms with Crippen LogP contribution in [0.25, 0.3) is 0 Å². The first-order valence-electron chi connectivity index (χ1n) is 5.23. The van der Waals surface area contributed by atoms with Crippen LogP contribution in [0.5, 0.6) is 0 Å². The number of aliphatic hydroxyl groups excluding tert-OH is 1. The van der Waals surface area contributed by atoms with Crippen LogP contribution in [0, 0.1) is 11.8 Å². The summed E-state index contributed by atoms with van der Waals surface area (Å²) in [5.41, 5.74) is 0. The lowest BCUT2D eigenvalue weighted by molar-refractivity contribution is -0.161. The van der Waals surface area contributed by atoms with E-state index in [-0.39, 0.29) is 12.9 Å². The minimum atomic E-state index is -0.0107. The first kappa shape index (κ1) is 11.5. The van der Waals surface area contributed by atoms with E-state index in [1.807, 2.05) is 0 Å². The van der Waals surface area contributed by atoms with E-state index in [4.69, 9.17) is 14.6 Å². The second kappa shape index (κ2) is 7.81. The molecule has 80 valence electrons. The largest absolute Gasteiger partial charge is 0.395 e. The normalized spacial score (nSPS) is 21.4. The monoisotopic (exact) mass is 198 g/mol. The maximum absolute atomic E-state index is 8.47. The number of rotatable bonds is 4. The predicted molar refractivity (Wildman–Crippen MR) is 53.6 cm³/mol. The molecule has 0 unspecified atom stereocenters. The van der Waals surface area contributed by atoms with Gasteiger partial charge in [-0.25, -0.2) is 0 Å². The minimum Gasteiger partial charge on any atom is -0.395 e. The van der Waals surface area contributed by atoms with E-state index >= 15 is 0 Å². The molecule has 0 spiro atoms. The van der Waals surface area contributed by atoms with Crippen LogP contribution in [-0.2, 0) is 9.47 Å². The zero-order valence-electron chi connectivity index (χ0n) is 8.50. The minimum absolute atomic E-state index is 0.0107. The van der Waals surface area contributed by atoms with Gasteiger partial charge in [-0.1, -0.05) is 0 Å². The summed E-state index contributed by atoms with van der Waals surface area (Å²) in [6, 6.07) is 0. The standard InChI is InChI=1S/C11H18O3/c12-8-4-1-2-5-9-13-11-7-3-6-10-14-11/h11-12H,3-10H2/t11-/m1/s1. The van der Waals surface area contributed by atoms with Gasteiger partial charge in [0.2, 0.25) is 0 Å². The SMILES string of the molecule is OCCC#CCCO[C@H]1CCCCO1. The van der Waals surface area contributed by atoms with Gasteiger partial charge in [0.05, 0.1) is 13.2 Å². The highest BCUT2D eigenvalue weighted by molar-refractivity contribution is 4.98. The Hall–Kier alpha value is -0.560. The van der Waals surface area contributed by atoms with Gasteiger partial charge >= 0.3 is 0 Å². The molecule has 1 N–H and O–H groups in total. The summed E-state index contributed by atoms with van der Waals surface area (Å²) in [6.45, 7) is 1.59. The van der Waals surface area contributed by atoms with Crippen molar-refractivity contribution in [3.05, 3.63) is 0 Å². The Balaban J connectivity index is 1.95. The van der Waals surface area contributed by atoms with Gasteiger partial charge in [-0.05, 0) is 19.3 Å². The van der Waals surface area contributed by atoms with Gasteiger partial charge < -0.3 is 14.6 Å². The zero-order valence-corrected chi connectivity index (χ0v) is 8.50. The van der Waals surface area contributed by atoms with Crippen molar-refractivity contribution in [3.8, 4) is 11.8 Å². The average molecular weight is 198 g/mol. The summed E-state index contributed by atoms with van der Waals surface area (Å²) >= 11 is 0. The van der Waals surface area contributed by atoms with E-state index in [0.717, 1.165) is 25.9 Å². The van der Waals surface area contributed by atoms with Crippen LogP contribution in [0.1, 0.15) is 32.1 Å². The smallest absolute Gasteiger partial charge is 0.157 e. The Morgan fingerprint density at radius 1 is 1.29 bits per heavy atom. The Morgan fingerprint density at radius 3 is 2.86 bits per heavy atom. The molecule has 3 heteroatoms. The summed E-state index contributed by atoms with van der Waals surface area (Å²) < 4.78 is 10.9. The molecule has 14 heavy (non-hydrogen) atoms. The van der Waals surface area contributed by atoms with Crippen LogP contribution in [0.3, 0.4) is 0 Å². The third kappa shape index (κ3) is 5.23. The van der Waals surface area contributed by atoms with Gasteiger partial charge in [-0.2, -0.15) is 0 Å². The molecule has 3 nitrogen and oxygen atoms in total. The highest BCUT2D eigenvalue weighted by Gasteiger charge is 2.12. The third-order valence-corrected chi connectivity index (χ3v) is 2.03. The quantitative estimate of drug-likeness (QED) is 0.546. The van der Waals surface area contributed by atoms with Crippen molar-refractivity contribution in [2.45, 2.75) is 38.4 Å². The van der Waals surface area contributed by atoms with Crippen LogP contribution in [0.4, 0.5) is 0 Å². The average Bonchev–Trinajstić information content (AvgIpc) is 2.25. The van der Waals surface area contributed by atoms with Crippen molar-refractivity contribution in [1.29, 1.82) is 0 Å². The van der Waals surface area contributed by atoms with Gasteiger partial charge in [0, 0.05) is 19.4 Å². The summed E-state index contributed by atoms with van der Waals surface area (Å²) in [5.74, 6) is 5.79. The van der Waals surface area contributed by atoms with Crippen molar-refractivity contribution >= 4 is 0 Å². The van der Waals surface area contributed by atoms with Gasteiger partial charge in [-0.15, -0.1) is 11.8 Å². The second-order valence-electron chi connectivity index (χ2n) is 3.24. The van der Waals surface area contributed by atoms with Crippen molar-refractivity contribution < 1.29 is 14.6 Å². The van der Waals surface area contributed by atoms with E-state index in [9.17, 15) is 0 Å². The van der Waals surface area contributed by atoms with Crippen molar-refractivity contribution in [2.75, 3.05) is 19.8 Å². The lowest BCUT2D eigenvalue weighted by Crippen LogP contribution is -2.22. The highest BCUT2D eigenvalue weighted by Crippen LogP contribution is 2.13. The fraction of sp³-hybridized carbons (Fsp3) is 0.818. The van der Waals surface area contributed by atoms with E-state index in [2.05, 4.69) is 11.8 Å². The molecule has 0 saturated carbocycles. The molecule has 0 radical (unpaired) electrons. The Morgan fingerprint density at radius 2 is 2.14 bits per heavy atom. The molecule has 0 amide bonds. The summed E-state index contributed by atoms with van der Waals surface area (Å²) in [4.78, 5) is 0. The van der Waals surface area contributed by atoms with E-state index in [0.29, 0.717) is 13.0 Å². The van der Waals surface area contributed by atoms with Crippen molar-refractivity contribution in [1.82, 2.24) is 0 Å². The lowest BCUT2D eigenvalue weighted by atomic mass is 10.2. The zero-order chi connectivity index (χ0) is 10.1. The summed E-state index contributed by atoms with van der Waals surface area (Å²) in [6.07, 6.45) is 4.62. The van der Waals surface area contributed by atoms with Crippen LogP contribution in [0.15, 0.2) is 0 Å². The van der Waals surface area contributed by atoms with Gasteiger partial charge in [0.25, 0.3) is 0 Å². The van der Waals surface area contributed by atoms with Crippen LogP contribution in [0.2, 0.25) is 0 Å². The van der Waals surface area contributed by atoms with E-state index < -0.39 is 0 Å². The summed E-state index contributed by atoms with van der Waals surface area (Å²) in [5, 5.41) is 8.47. The predicted octanol–water partition coefficient (Wildman–Crippen LogP) is 1.31. The molecule has 1 rings (SSSR count). The topological polar surface area (TPSA) is 38.7 Å². The Bertz CT molecular complexity index is 186. The number of hydrogen-bond acceptors (Lipinski definition) is 3. The molecule has 1 fully saturated rings. The van der Waals surface area contributed by atoms with E-state index in [1.54, 1.807) is 0 Å². The fourth-order valence-electron chi connectivity index (χ4n) is 1.32. The number of aliphatic hydroxyl groups is 1. The number of hydrogen-bond donors (Lipinski definition) is 1. The molecule has 0 aromatic carbocycles. The Labute approximate surface area is 85.4 Å². The fourth-order valence-corrected chi connectivity index (χ4v) is 1.32. The van der Waals surface area contributed by atoms with Gasteiger partial charge in [-0.3, -0.25) is 0 Å². The van der Waals surface area contributed by atoms with Crippen molar-refractivity contribution in [3.63, 3.8) is 0 Å². The maximum Gasteiger partial charge on any atom is 0.157 e. The lowest BCUT2D eigenvalue weighted by Gasteiger charge is -2.22. The number of ether oxygens (including phenoxy) is 2. The molecule has 1 saturated heterocycles. The van der Waals surface area contributed by atoms with Gasteiger partial charge in [0.15, 0.2) is 6.29 Å². The molecule has 0 bridgehead atoms. The molecule has 0 aliphatic carbocycles. The van der Waals surface area contributed by atoms with E-state index in [1.165, 1.54) is 6.42 Å². The maximum atomic E-state index is 8.47. The molecule has 0 aromatic heterocycles. The molecule has 1 atom stereocenters. The second-order valence-corrected chi connectivity index (χ2v) is 3.24. The Kier molecular flexibility index (Phi) is 6.42. The van der Waals surface area contributed by atoms with Crippen molar-refractivity contribution in [2.24, 2.45) is 0 Å². The highest BCUT2D eigenvalue weighted by atomic mass is 16.7. The summed E-state index contributed by atoms with van der Waals surface area (Å²) in [7, 11) is 0. The molecular formula is C11H18O3. The molecule has 0 aromatic rings. The molecule has 1 aliphatic rings.